The number of methoxy groups -OCH3 is 1. The zero-order valence-electron chi connectivity index (χ0n) is 11.1. The number of carbonyl (C=O) groups is 2. The van der Waals surface area contributed by atoms with Gasteiger partial charge in [-0.3, -0.25) is 10.1 Å². The number of amides is 2. The average Bonchev–Trinajstić information content (AvgIpc) is 3.19. The number of nitro groups is 1. The summed E-state index contributed by atoms with van der Waals surface area (Å²) >= 11 is 0. The van der Waals surface area contributed by atoms with Gasteiger partial charge < -0.3 is 20.5 Å². The SMILES string of the molecule is COc1ccc(NC(=O)NC2(C(=O)O)CC2)cc1[N+](=O)[O-]. The fourth-order valence-electron chi connectivity index (χ4n) is 1.81. The molecule has 0 saturated heterocycles. The first-order chi connectivity index (χ1) is 9.88. The number of rotatable bonds is 5. The van der Waals surface area contributed by atoms with E-state index in [1.54, 1.807) is 0 Å². The standard InChI is InChI=1S/C12H13N3O6/c1-21-9-3-2-7(6-8(9)15(19)20)13-11(18)14-12(4-5-12)10(16)17/h2-3,6H,4-5H2,1H3,(H,16,17)(H2,13,14,18). The number of carboxylic acids is 1. The highest BCUT2D eigenvalue weighted by Gasteiger charge is 2.51. The topological polar surface area (TPSA) is 131 Å². The number of hydrogen-bond donors (Lipinski definition) is 3. The molecule has 2 rings (SSSR count). The molecule has 0 unspecified atom stereocenters. The highest BCUT2D eigenvalue weighted by molar-refractivity contribution is 5.95. The third-order valence-corrected chi connectivity index (χ3v) is 3.15. The molecule has 0 atom stereocenters. The molecule has 0 heterocycles. The Morgan fingerprint density at radius 2 is 2.10 bits per heavy atom. The van der Waals surface area contributed by atoms with Gasteiger partial charge in [0.25, 0.3) is 0 Å². The number of aliphatic carboxylic acids is 1. The molecule has 0 aliphatic heterocycles. The molecule has 2 amide bonds. The second-order valence-corrected chi connectivity index (χ2v) is 4.61. The van der Waals surface area contributed by atoms with Crippen LogP contribution in [-0.2, 0) is 4.79 Å². The summed E-state index contributed by atoms with van der Waals surface area (Å²) in [6.07, 6.45) is 0.719. The minimum atomic E-state index is -1.22. The van der Waals surface area contributed by atoms with Crippen LogP contribution in [0.1, 0.15) is 12.8 Å². The summed E-state index contributed by atoms with van der Waals surface area (Å²) in [5, 5.41) is 24.5. The number of ether oxygens (including phenoxy) is 1. The summed E-state index contributed by atoms with van der Waals surface area (Å²) in [7, 11) is 1.30. The summed E-state index contributed by atoms with van der Waals surface area (Å²) < 4.78 is 4.84. The normalized spacial score (nSPS) is 14.9. The minimum absolute atomic E-state index is 0.0650. The molecule has 21 heavy (non-hydrogen) atoms. The van der Waals surface area contributed by atoms with Crippen molar-refractivity contribution in [1.82, 2.24) is 5.32 Å². The Balaban J connectivity index is 2.09. The molecule has 112 valence electrons. The summed E-state index contributed by atoms with van der Waals surface area (Å²) in [6, 6.07) is 3.18. The number of benzene rings is 1. The number of carbonyl (C=O) groups excluding carboxylic acids is 1. The van der Waals surface area contributed by atoms with Gasteiger partial charge in [0.2, 0.25) is 0 Å². The number of urea groups is 1. The van der Waals surface area contributed by atoms with Crippen LogP contribution in [0.4, 0.5) is 16.2 Å². The van der Waals surface area contributed by atoms with Crippen LogP contribution in [0.2, 0.25) is 0 Å². The molecule has 9 nitrogen and oxygen atoms in total. The van der Waals surface area contributed by atoms with Gasteiger partial charge in [-0.1, -0.05) is 0 Å². The van der Waals surface area contributed by atoms with E-state index in [1.807, 2.05) is 0 Å². The first kappa shape index (κ1) is 14.6. The number of nitro benzene ring substituents is 1. The van der Waals surface area contributed by atoms with E-state index in [4.69, 9.17) is 9.84 Å². The van der Waals surface area contributed by atoms with Crippen molar-refractivity contribution in [2.24, 2.45) is 0 Å². The van der Waals surface area contributed by atoms with E-state index < -0.39 is 22.5 Å². The van der Waals surface area contributed by atoms with E-state index in [0.29, 0.717) is 12.8 Å². The molecule has 0 aromatic heterocycles. The van der Waals surface area contributed by atoms with Crippen molar-refractivity contribution in [3.05, 3.63) is 28.3 Å². The van der Waals surface area contributed by atoms with E-state index in [-0.39, 0.29) is 17.1 Å². The van der Waals surface area contributed by atoms with Crippen LogP contribution in [-0.4, -0.2) is 34.7 Å². The third kappa shape index (κ3) is 3.02. The van der Waals surface area contributed by atoms with Gasteiger partial charge in [-0.15, -0.1) is 0 Å². The average molecular weight is 295 g/mol. The molecular weight excluding hydrogens is 282 g/mol. The van der Waals surface area contributed by atoms with Crippen molar-refractivity contribution in [2.45, 2.75) is 18.4 Å². The van der Waals surface area contributed by atoms with Crippen LogP contribution in [0, 0.1) is 10.1 Å². The highest BCUT2D eigenvalue weighted by atomic mass is 16.6. The van der Waals surface area contributed by atoms with Crippen molar-refractivity contribution in [2.75, 3.05) is 12.4 Å². The van der Waals surface area contributed by atoms with Gasteiger partial charge in [-0.25, -0.2) is 9.59 Å². The van der Waals surface area contributed by atoms with Crippen molar-refractivity contribution in [1.29, 1.82) is 0 Å². The number of carboxylic acid groups (broad SMARTS) is 1. The quantitative estimate of drug-likeness (QED) is 0.555. The Bertz CT molecular complexity index is 611. The number of nitrogens with one attached hydrogen (secondary N) is 2. The number of nitrogens with zero attached hydrogens (tertiary/aromatic N) is 1. The predicted molar refractivity (Wildman–Crippen MR) is 71.4 cm³/mol. The van der Waals surface area contributed by atoms with Crippen LogP contribution < -0.4 is 15.4 Å². The summed E-state index contributed by atoms with van der Waals surface area (Å²) in [6.45, 7) is 0. The lowest BCUT2D eigenvalue weighted by Gasteiger charge is -2.13. The van der Waals surface area contributed by atoms with E-state index in [2.05, 4.69) is 10.6 Å². The summed E-state index contributed by atoms with van der Waals surface area (Å²) in [5.74, 6) is -1.03. The molecule has 0 bridgehead atoms. The first-order valence-electron chi connectivity index (χ1n) is 6.03. The molecular formula is C12H13N3O6. The van der Waals surface area contributed by atoms with Gasteiger partial charge in [0.15, 0.2) is 5.75 Å². The number of anilines is 1. The van der Waals surface area contributed by atoms with Crippen LogP contribution >= 0.6 is 0 Å². The molecule has 1 aliphatic carbocycles. The molecule has 3 N–H and O–H groups in total. The molecule has 1 saturated carbocycles. The fourth-order valence-corrected chi connectivity index (χ4v) is 1.81. The maximum atomic E-state index is 11.7. The number of hydrogen-bond acceptors (Lipinski definition) is 5. The van der Waals surface area contributed by atoms with Crippen molar-refractivity contribution in [3.63, 3.8) is 0 Å². The van der Waals surface area contributed by atoms with E-state index in [9.17, 15) is 19.7 Å². The Morgan fingerprint density at radius 1 is 1.43 bits per heavy atom. The lowest BCUT2D eigenvalue weighted by Crippen LogP contribution is -2.45. The van der Waals surface area contributed by atoms with Crippen molar-refractivity contribution >= 4 is 23.4 Å². The van der Waals surface area contributed by atoms with Gasteiger partial charge in [-0.2, -0.15) is 0 Å². The lowest BCUT2D eigenvalue weighted by molar-refractivity contribution is -0.385. The molecule has 1 fully saturated rings. The molecule has 1 aromatic rings. The van der Waals surface area contributed by atoms with Crippen molar-refractivity contribution in [3.8, 4) is 5.75 Å². The maximum absolute atomic E-state index is 11.7. The smallest absolute Gasteiger partial charge is 0.329 e. The Labute approximate surface area is 119 Å². The van der Waals surface area contributed by atoms with E-state index >= 15 is 0 Å². The second-order valence-electron chi connectivity index (χ2n) is 4.61. The Hall–Kier alpha value is -2.84. The fraction of sp³-hybridized carbons (Fsp3) is 0.333. The highest BCUT2D eigenvalue weighted by Crippen LogP contribution is 2.35. The van der Waals surface area contributed by atoms with Crippen LogP contribution in [0.5, 0.6) is 5.75 Å². The van der Waals surface area contributed by atoms with Crippen LogP contribution in [0.15, 0.2) is 18.2 Å². The minimum Gasteiger partial charge on any atom is -0.490 e. The largest absolute Gasteiger partial charge is 0.490 e. The monoisotopic (exact) mass is 295 g/mol. The van der Waals surface area contributed by atoms with Gasteiger partial charge in [-0.05, 0) is 25.0 Å². The molecule has 9 heteroatoms. The van der Waals surface area contributed by atoms with Gasteiger partial charge in [0.05, 0.1) is 12.0 Å². The zero-order chi connectivity index (χ0) is 15.6. The summed E-state index contributed by atoms with van der Waals surface area (Å²) in [5.41, 5.74) is -1.35. The zero-order valence-corrected chi connectivity index (χ0v) is 11.1. The van der Waals surface area contributed by atoms with Crippen LogP contribution in [0.25, 0.3) is 0 Å². The third-order valence-electron chi connectivity index (χ3n) is 3.15. The van der Waals surface area contributed by atoms with Gasteiger partial charge >= 0.3 is 17.7 Å². The summed E-state index contributed by atoms with van der Waals surface area (Å²) in [4.78, 5) is 32.9. The van der Waals surface area contributed by atoms with Crippen LogP contribution in [0.3, 0.4) is 0 Å². The second kappa shape index (κ2) is 5.27. The predicted octanol–water partition coefficient (Wildman–Crippen LogP) is 1.34. The first-order valence-corrected chi connectivity index (χ1v) is 6.03. The Kier molecular flexibility index (Phi) is 3.66. The van der Waals surface area contributed by atoms with E-state index in [1.165, 1.54) is 19.2 Å². The van der Waals surface area contributed by atoms with Gasteiger partial charge in [0, 0.05) is 11.8 Å². The Morgan fingerprint density at radius 3 is 2.57 bits per heavy atom. The molecule has 0 spiro atoms. The maximum Gasteiger partial charge on any atom is 0.329 e. The van der Waals surface area contributed by atoms with Gasteiger partial charge in [0.1, 0.15) is 5.54 Å². The molecule has 1 aliphatic rings. The molecule has 1 aromatic carbocycles. The van der Waals surface area contributed by atoms with Crippen molar-refractivity contribution < 1.29 is 24.4 Å². The lowest BCUT2D eigenvalue weighted by atomic mass is 10.2. The molecule has 0 radical (unpaired) electrons. The van der Waals surface area contributed by atoms with E-state index in [0.717, 1.165) is 6.07 Å².